The molecule has 1 unspecified atom stereocenters. The zero-order valence-corrected chi connectivity index (χ0v) is 19.8. The van der Waals surface area contributed by atoms with E-state index < -0.39 is 11.7 Å². The lowest BCUT2D eigenvalue weighted by Gasteiger charge is -2.36. The Bertz CT molecular complexity index is 1040. The van der Waals surface area contributed by atoms with Crippen LogP contribution >= 0.6 is 11.6 Å². The minimum absolute atomic E-state index is 0.0363. The Morgan fingerprint density at radius 3 is 2.44 bits per heavy atom. The van der Waals surface area contributed by atoms with Crippen LogP contribution < -0.4 is 14.4 Å². The molecule has 2 aliphatic heterocycles. The molecule has 10 heteroatoms. The molecule has 0 saturated carbocycles. The number of benzene rings is 1. The zero-order chi connectivity index (χ0) is 24.5. The van der Waals surface area contributed by atoms with E-state index in [4.69, 9.17) is 21.1 Å². The van der Waals surface area contributed by atoms with Gasteiger partial charge in [0.1, 0.15) is 17.3 Å². The van der Waals surface area contributed by atoms with Gasteiger partial charge in [0.15, 0.2) is 0 Å². The Kier molecular flexibility index (Phi) is 7.12. The lowest BCUT2D eigenvalue weighted by atomic mass is 9.94. The third-order valence-corrected chi connectivity index (χ3v) is 6.91. The standard InChI is InChI=1S/C24H27ClF3N3O3/c1-33-17-5-6-18(21(13-17)34-2)20-4-3-9-31(20)23(32)15-7-10-30(11-8-15)22-19(25)12-16(14-29-22)24(26,27)28/h5-6,12-15,20H,3-4,7-11H2,1-2H3. The first kappa shape index (κ1) is 24.4. The topological polar surface area (TPSA) is 54.9 Å². The lowest BCUT2D eigenvalue weighted by molar-refractivity contribution is -0.138. The van der Waals surface area contributed by atoms with E-state index >= 15 is 0 Å². The maximum atomic E-state index is 13.4. The molecule has 1 aromatic carbocycles. The van der Waals surface area contributed by atoms with Crippen molar-refractivity contribution >= 4 is 23.3 Å². The number of carbonyl (C=O) groups excluding carboxylic acids is 1. The number of carbonyl (C=O) groups is 1. The summed E-state index contributed by atoms with van der Waals surface area (Å²) in [5, 5.41) is -0.0363. The van der Waals surface area contributed by atoms with Gasteiger partial charge in [0, 0.05) is 43.4 Å². The van der Waals surface area contributed by atoms with E-state index in [9.17, 15) is 18.0 Å². The highest BCUT2D eigenvalue weighted by Gasteiger charge is 2.37. The van der Waals surface area contributed by atoms with Gasteiger partial charge in [0.25, 0.3) is 0 Å². The summed E-state index contributed by atoms with van der Waals surface area (Å²) in [6.45, 7) is 1.68. The minimum atomic E-state index is -4.49. The molecule has 0 spiro atoms. The maximum Gasteiger partial charge on any atom is 0.417 e. The van der Waals surface area contributed by atoms with E-state index in [1.807, 2.05) is 28.0 Å². The predicted octanol–water partition coefficient (Wildman–Crippen LogP) is 5.35. The fourth-order valence-electron chi connectivity index (χ4n) is 4.84. The van der Waals surface area contributed by atoms with E-state index in [-0.39, 0.29) is 22.9 Å². The molecule has 0 bridgehead atoms. The van der Waals surface area contributed by atoms with Gasteiger partial charge in [-0.25, -0.2) is 4.98 Å². The highest BCUT2D eigenvalue weighted by Crippen LogP contribution is 2.40. The second-order valence-corrected chi connectivity index (χ2v) is 8.99. The number of ether oxygens (including phenoxy) is 2. The quantitative estimate of drug-likeness (QED) is 0.557. The molecule has 0 radical (unpaired) electrons. The first-order valence-electron chi connectivity index (χ1n) is 11.2. The second kappa shape index (κ2) is 9.90. The van der Waals surface area contributed by atoms with Crippen molar-refractivity contribution in [3.8, 4) is 11.5 Å². The van der Waals surface area contributed by atoms with Gasteiger partial charge in [-0.1, -0.05) is 11.6 Å². The van der Waals surface area contributed by atoms with Crippen LogP contribution in [0.5, 0.6) is 11.5 Å². The largest absolute Gasteiger partial charge is 0.497 e. The maximum absolute atomic E-state index is 13.4. The molecule has 2 aliphatic rings. The van der Waals surface area contributed by atoms with Gasteiger partial charge < -0.3 is 19.3 Å². The normalized spacial score (nSPS) is 19.4. The van der Waals surface area contributed by atoms with Crippen molar-refractivity contribution < 1.29 is 27.4 Å². The number of hydrogen-bond donors (Lipinski definition) is 0. The molecular formula is C24H27ClF3N3O3. The highest BCUT2D eigenvalue weighted by atomic mass is 35.5. The minimum Gasteiger partial charge on any atom is -0.497 e. The molecule has 2 saturated heterocycles. The van der Waals surface area contributed by atoms with E-state index in [0.717, 1.165) is 30.7 Å². The number of pyridine rings is 1. The van der Waals surface area contributed by atoms with Crippen LogP contribution in [0.1, 0.15) is 42.9 Å². The van der Waals surface area contributed by atoms with Gasteiger partial charge in [0.05, 0.1) is 30.8 Å². The fourth-order valence-corrected chi connectivity index (χ4v) is 5.12. The van der Waals surface area contributed by atoms with Crippen LogP contribution in [0.15, 0.2) is 30.5 Å². The fraction of sp³-hybridized carbons (Fsp3) is 0.500. The summed E-state index contributed by atoms with van der Waals surface area (Å²) in [6, 6.07) is 6.50. The van der Waals surface area contributed by atoms with Crippen molar-refractivity contribution in [1.29, 1.82) is 0 Å². The van der Waals surface area contributed by atoms with Crippen LogP contribution in [0.25, 0.3) is 0 Å². The monoisotopic (exact) mass is 497 g/mol. The van der Waals surface area contributed by atoms with Gasteiger partial charge in [-0.15, -0.1) is 0 Å². The summed E-state index contributed by atoms with van der Waals surface area (Å²) in [5.74, 6) is 1.66. The molecule has 0 aliphatic carbocycles. The highest BCUT2D eigenvalue weighted by molar-refractivity contribution is 6.33. The lowest BCUT2D eigenvalue weighted by Crippen LogP contribution is -2.42. The number of aromatic nitrogens is 1. The predicted molar refractivity (Wildman–Crippen MR) is 122 cm³/mol. The van der Waals surface area contributed by atoms with Gasteiger partial charge >= 0.3 is 6.18 Å². The number of likely N-dealkylation sites (tertiary alicyclic amines) is 1. The van der Waals surface area contributed by atoms with Crippen molar-refractivity contribution in [2.75, 3.05) is 38.8 Å². The van der Waals surface area contributed by atoms with Crippen LogP contribution in [0.4, 0.5) is 19.0 Å². The number of rotatable bonds is 5. The SMILES string of the molecule is COc1ccc(C2CCCN2C(=O)C2CCN(c3ncc(C(F)(F)F)cc3Cl)CC2)c(OC)c1. The van der Waals surface area contributed by atoms with Crippen molar-refractivity contribution in [2.45, 2.75) is 37.9 Å². The van der Waals surface area contributed by atoms with Crippen LogP contribution in [0.3, 0.4) is 0 Å². The molecule has 3 heterocycles. The summed E-state index contributed by atoms with van der Waals surface area (Å²) in [4.78, 5) is 21.2. The van der Waals surface area contributed by atoms with Crippen molar-refractivity contribution in [3.63, 3.8) is 0 Å². The molecule has 184 valence electrons. The van der Waals surface area contributed by atoms with Gasteiger partial charge in [-0.2, -0.15) is 13.2 Å². The average molecular weight is 498 g/mol. The van der Waals surface area contributed by atoms with Crippen LogP contribution in [-0.2, 0) is 11.0 Å². The summed E-state index contributed by atoms with van der Waals surface area (Å²) in [6.07, 6.45) is -0.752. The molecule has 1 amide bonds. The van der Waals surface area contributed by atoms with E-state index in [2.05, 4.69) is 4.98 Å². The Balaban J connectivity index is 1.43. The van der Waals surface area contributed by atoms with Crippen LogP contribution in [-0.4, -0.2) is 49.6 Å². The molecule has 1 atom stereocenters. The molecule has 1 aromatic heterocycles. The Morgan fingerprint density at radius 1 is 1.09 bits per heavy atom. The first-order valence-corrected chi connectivity index (χ1v) is 11.6. The second-order valence-electron chi connectivity index (χ2n) is 8.59. The zero-order valence-electron chi connectivity index (χ0n) is 19.1. The average Bonchev–Trinajstić information content (AvgIpc) is 3.32. The Hall–Kier alpha value is -2.68. The van der Waals surface area contributed by atoms with E-state index in [0.29, 0.717) is 49.8 Å². The van der Waals surface area contributed by atoms with Crippen molar-refractivity contribution in [3.05, 3.63) is 46.6 Å². The summed E-state index contributed by atoms with van der Waals surface area (Å²) in [7, 11) is 3.20. The molecule has 4 rings (SSSR count). The van der Waals surface area contributed by atoms with Crippen LogP contribution in [0, 0.1) is 5.92 Å². The molecule has 34 heavy (non-hydrogen) atoms. The smallest absolute Gasteiger partial charge is 0.417 e. The third-order valence-electron chi connectivity index (χ3n) is 6.63. The summed E-state index contributed by atoms with van der Waals surface area (Å²) in [5.41, 5.74) is 0.0904. The third kappa shape index (κ3) is 4.89. The molecule has 0 N–H and O–H groups in total. The van der Waals surface area contributed by atoms with E-state index in [1.165, 1.54) is 0 Å². The molecule has 2 aromatic rings. The van der Waals surface area contributed by atoms with E-state index in [1.54, 1.807) is 14.2 Å². The summed E-state index contributed by atoms with van der Waals surface area (Å²) >= 11 is 6.11. The summed E-state index contributed by atoms with van der Waals surface area (Å²) < 4.78 is 49.6. The molecular weight excluding hydrogens is 471 g/mol. The number of nitrogens with zero attached hydrogens (tertiary/aromatic N) is 3. The van der Waals surface area contributed by atoms with Gasteiger partial charge in [0.2, 0.25) is 5.91 Å². The number of piperidine rings is 1. The molecule has 2 fully saturated rings. The number of alkyl halides is 3. The number of methoxy groups -OCH3 is 2. The van der Waals surface area contributed by atoms with Crippen molar-refractivity contribution in [1.82, 2.24) is 9.88 Å². The first-order chi connectivity index (χ1) is 16.2. The van der Waals surface area contributed by atoms with Gasteiger partial charge in [-0.05, 0) is 43.9 Å². The Labute approximate surface area is 201 Å². The number of anilines is 1. The van der Waals surface area contributed by atoms with Crippen LogP contribution in [0.2, 0.25) is 5.02 Å². The Morgan fingerprint density at radius 2 is 1.82 bits per heavy atom. The molecule has 6 nitrogen and oxygen atoms in total. The van der Waals surface area contributed by atoms with Crippen molar-refractivity contribution in [2.24, 2.45) is 5.92 Å². The number of hydrogen-bond acceptors (Lipinski definition) is 5. The number of halogens is 4. The number of amides is 1. The van der Waals surface area contributed by atoms with Gasteiger partial charge in [-0.3, -0.25) is 4.79 Å².